The van der Waals surface area contributed by atoms with E-state index < -0.39 is 0 Å². The van der Waals surface area contributed by atoms with Crippen molar-refractivity contribution in [2.45, 2.75) is 38.5 Å². The average Bonchev–Trinajstić information content (AvgIpc) is 3.31. The van der Waals surface area contributed by atoms with E-state index in [1.807, 2.05) is 36.4 Å². The van der Waals surface area contributed by atoms with Crippen LogP contribution in [-0.2, 0) is 10.8 Å². The Morgan fingerprint density at radius 2 is 0.909 bits per heavy atom. The minimum atomic E-state index is -0.204. The van der Waals surface area contributed by atoms with Crippen molar-refractivity contribution in [2.75, 3.05) is 0 Å². The first-order chi connectivity index (χ1) is 21.3. The van der Waals surface area contributed by atoms with Gasteiger partial charge in [0.25, 0.3) is 0 Å². The summed E-state index contributed by atoms with van der Waals surface area (Å²) in [6.07, 6.45) is 0. The monoisotopic (exact) mass is 565 g/mol. The lowest BCUT2D eigenvalue weighted by molar-refractivity contribution is 0.640. The van der Waals surface area contributed by atoms with Crippen molar-refractivity contribution < 1.29 is 0 Å². The largest absolute Gasteiger partial charge is 0.208 e. The van der Waals surface area contributed by atoms with Gasteiger partial charge < -0.3 is 0 Å². The second-order valence-corrected chi connectivity index (χ2v) is 13.3. The van der Waals surface area contributed by atoms with Gasteiger partial charge in [0.1, 0.15) is 0 Å². The first kappa shape index (κ1) is 25.4. The lowest BCUT2D eigenvalue weighted by Crippen LogP contribution is -2.24. The summed E-state index contributed by atoms with van der Waals surface area (Å²) in [7, 11) is 0. The van der Waals surface area contributed by atoms with E-state index >= 15 is 0 Å². The fraction of sp³-hybridized carbons (Fsp3) is 0.146. The van der Waals surface area contributed by atoms with Gasteiger partial charge in [0, 0.05) is 27.5 Å². The second-order valence-electron chi connectivity index (χ2n) is 13.3. The van der Waals surface area contributed by atoms with Gasteiger partial charge in [-0.1, -0.05) is 131 Å². The quantitative estimate of drug-likeness (QED) is 0.200. The van der Waals surface area contributed by atoms with E-state index in [0.29, 0.717) is 17.5 Å². The molecule has 0 bridgehead atoms. The molecule has 2 aliphatic carbocycles. The van der Waals surface area contributed by atoms with E-state index in [-0.39, 0.29) is 10.8 Å². The highest BCUT2D eigenvalue weighted by molar-refractivity contribution is 6.21. The van der Waals surface area contributed by atoms with Gasteiger partial charge in [0.05, 0.1) is 0 Å². The van der Waals surface area contributed by atoms with E-state index in [4.69, 9.17) is 15.0 Å². The van der Waals surface area contributed by atoms with Crippen LogP contribution in [0.15, 0.2) is 115 Å². The van der Waals surface area contributed by atoms with E-state index in [2.05, 4.69) is 107 Å². The standard InChI is InChI=1S/C41H31N3/c1-40(2)30-21-13-20-28-27-18-11-12-19-29(27)36-35(33(28)30)34-31(40)22-26(23-32(34)41(36,3)4)39-43-37(24-14-7-5-8-15-24)42-38(44-39)25-16-9-6-10-17-25/h5-23H,1-4H3. The Bertz CT molecular complexity index is 2260. The van der Waals surface area contributed by atoms with Crippen molar-refractivity contribution in [2.24, 2.45) is 0 Å². The van der Waals surface area contributed by atoms with E-state index in [1.165, 1.54) is 54.9 Å². The van der Waals surface area contributed by atoms with Crippen molar-refractivity contribution in [1.82, 2.24) is 15.0 Å². The highest BCUT2D eigenvalue weighted by Gasteiger charge is 2.46. The van der Waals surface area contributed by atoms with Crippen LogP contribution in [-0.4, -0.2) is 15.0 Å². The molecular formula is C41H31N3. The average molecular weight is 566 g/mol. The van der Waals surface area contributed by atoms with E-state index in [1.54, 1.807) is 0 Å². The Balaban J connectivity index is 1.38. The molecule has 1 heterocycles. The maximum Gasteiger partial charge on any atom is 0.164 e. The summed E-state index contributed by atoms with van der Waals surface area (Å²) in [5.41, 5.74) is 10.9. The molecule has 0 spiro atoms. The van der Waals surface area contributed by atoms with Gasteiger partial charge in [-0.25, -0.2) is 15.0 Å². The van der Waals surface area contributed by atoms with Crippen molar-refractivity contribution in [3.05, 3.63) is 138 Å². The topological polar surface area (TPSA) is 38.7 Å². The summed E-state index contributed by atoms with van der Waals surface area (Å²) < 4.78 is 0. The SMILES string of the molecule is CC1(C)c2cc(-c3nc(-c4ccccc4)nc(-c4ccccc4)n3)cc3c2-c2c1c1ccccc1c1cccc(c21)C3(C)C. The van der Waals surface area contributed by atoms with Gasteiger partial charge in [0.15, 0.2) is 17.5 Å². The molecule has 0 saturated heterocycles. The van der Waals surface area contributed by atoms with E-state index in [9.17, 15) is 0 Å². The maximum atomic E-state index is 5.13. The van der Waals surface area contributed by atoms with Crippen molar-refractivity contribution in [1.29, 1.82) is 0 Å². The number of fused-ring (bicyclic) bond motifs is 3. The van der Waals surface area contributed by atoms with Crippen molar-refractivity contribution in [3.8, 4) is 45.3 Å². The molecule has 9 rings (SSSR count). The molecule has 0 saturated carbocycles. The Morgan fingerprint density at radius 1 is 0.409 bits per heavy atom. The molecule has 2 aliphatic rings. The van der Waals surface area contributed by atoms with Gasteiger partial charge in [-0.15, -0.1) is 0 Å². The van der Waals surface area contributed by atoms with Gasteiger partial charge in [0.2, 0.25) is 0 Å². The molecular weight excluding hydrogens is 534 g/mol. The zero-order chi connectivity index (χ0) is 29.8. The normalized spacial score (nSPS) is 15.2. The predicted molar refractivity (Wildman–Crippen MR) is 181 cm³/mol. The van der Waals surface area contributed by atoms with Gasteiger partial charge in [-0.2, -0.15) is 0 Å². The predicted octanol–water partition coefficient (Wildman–Crippen LogP) is 10.1. The number of hydrogen-bond acceptors (Lipinski definition) is 3. The lowest BCUT2D eigenvalue weighted by Gasteiger charge is -2.35. The number of nitrogens with zero attached hydrogens (tertiary/aromatic N) is 3. The van der Waals surface area contributed by atoms with Crippen LogP contribution in [0.3, 0.4) is 0 Å². The summed E-state index contributed by atoms with van der Waals surface area (Å²) in [6, 6.07) is 41.0. The molecule has 3 nitrogen and oxygen atoms in total. The molecule has 7 aromatic rings. The van der Waals surface area contributed by atoms with Gasteiger partial charge in [-0.3, -0.25) is 0 Å². The maximum absolute atomic E-state index is 5.13. The molecule has 3 heteroatoms. The minimum absolute atomic E-state index is 0.200. The minimum Gasteiger partial charge on any atom is -0.208 e. The molecule has 1 aromatic heterocycles. The summed E-state index contributed by atoms with van der Waals surface area (Å²) in [6.45, 7) is 9.54. The van der Waals surface area contributed by atoms with Crippen LogP contribution >= 0.6 is 0 Å². The number of aromatic nitrogens is 3. The number of benzene rings is 6. The Morgan fingerprint density at radius 3 is 1.52 bits per heavy atom. The summed E-state index contributed by atoms with van der Waals surface area (Å²) in [5.74, 6) is 2.07. The third-order valence-corrected chi connectivity index (χ3v) is 10.0. The first-order valence-corrected chi connectivity index (χ1v) is 15.4. The summed E-state index contributed by atoms with van der Waals surface area (Å²) in [4.78, 5) is 15.2. The molecule has 0 unspecified atom stereocenters. The molecule has 0 radical (unpaired) electrons. The number of rotatable bonds is 3. The molecule has 6 aromatic carbocycles. The highest BCUT2D eigenvalue weighted by Crippen LogP contribution is 2.62. The second kappa shape index (κ2) is 8.70. The highest BCUT2D eigenvalue weighted by atomic mass is 15.0. The van der Waals surface area contributed by atoms with Crippen LogP contribution in [0.25, 0.3) is 66.8 Å². The van der Waals surface area contributed by atoms with Crippen LogP contribution in [0.2, 0.25) is 0 Å². The smallest absolute Gasteiger partial charge is 0.164 e. The van der Waals surface area contributed by atoms with Crippen LogP contribution in [0.4, 0.5) is 0 Å². The third-order valence-electron chi connectivity index (χ3n) is 10.0. The van der Waals surface area contributed by atoms with Crippen LogP contribution in [0.5, 0.6) is 0 Å². The molecule has 0 amide bonds. The Labute approximate surface area is 257 Å². The van der Waals surface area contributed by atoms with Crippen LogP contribution in [0, 0.1) is 0 Å². The first-order valence-electron chi connectivity index (χ1n) is 15.4. The molecule has 0 aliphatic heterocycles. The third kappa shape index (κ3) is 3.30. The summed E-state index contributed by atoms with van der Waals surface area (Å²) >= 11 is 0. The van der Waals surface area contributed by atoms with Crippen molar-refractivity contribution in [3.63, 3.8) is 0 Å². The van der Waals surface area contributed by atoms with Crippen LogP contribution in [0.1, 0.15) is 49.9 Å². The molecule has 210 valence electrons. The lowest BCUT2D eigenvalue weighted by atomic mass is 9.67. The van der Waals surface area contributed by atoms with Gasteiger partial charge in [-0.05, 0) is 67.1 Å². The van der Waals surface area contributed by atoms with Crippen LogP contribution < -0.4 is 0 Å². The Hall–Kier alpha value is -5.15. The molecule has 44 heavy (non-hydrogen) atoms. The van der Waals surface area contributed by atoms with Gasteiger partial charge >= 0.3 is 0 Å². The molecule has 0 fully saturated rings. The number of hydrogen-bond donors (Lipinski definition) is 0. The fourth-order valence-electron chi connectivity index (χ4n) is 7.91. The fourth-order valence-corrected chi connectivity index (χ4v) is 7.91. The molecule has 0 atom stereocenters. The zero-order valence-corrected chi connectivity index (χ0v) is 25.3. The zero-order valence-electron chi connectivity index (χ0n) is 25.3. The Kier molecular flexibility index (Phi) is 5.02. The van der Waals surface area contributed by atoms with E-state index in [0.717, 1.165) is 16.7 Å². The molecule has 0 N–H and O–H groups in total. The summed E-state index contributed by atoms with van der Waals surface area (Å²) in [5, 5.41) is 5.44. The van der Waals surface area contributed by atoms with Crippen molar-refractivity contribution >= 4 is 21.5 Å².